The molecule has 0 N–H and O–H groups in total. The van der Waals surface area contributed by atoms with E-state index >= 15 is 0 Å². The highest BCUT2D eigenvalue weighted by Crippen LogP contribution is 2.49. The van der Waals surface area contributed by atoms with Gasteiger partial charge in [-0.25, -0.2) is 4.98 Å². The topological polar surface area (TPSA) is 54.5 Å². The Morgan fingerprint density at radius 1 is 0.358 bits per heavy atom. The van der Waals surface area contributed by atoms with Gasteiger partial charge in [-0.05, 0) is 155 Å². The summed E-state index contributed by atoms with van der Waals surface area (Å²) in [6.07, 6.45) is 3.63. The minimum absolute atomic E-state index is 0.642. The lowest BCUT2D eigenvalue weighted by Gasteiger charge is -2.21. The largest absolute Gasteiger partial charge is 0.309 e. The van der Waals surface area contributed by atoms with Crippen LogP contribution in [0.25, 0.3) is 126 Å². The molecule has 0 saturated carbocycles. The highest BCUT2D eigenvalue weighted by Gasteiger charge is 2.22. The number of benzene rings is 10. The summed E-state index contributed by atoms with van der Waals surface area (Å²) in [5, 5.41) is 21.7. The van der Waals surface area contributed by atoms with Crippen molar-refractivity contribution < 1.29 is 0 Å². The number of hydrogen-bond acceptors (Lipinski definition) is 3. The van der Waals surface area contributed by atoms with Gasteiger partial charge in [-0.15, -0.1) is 0 Å². The van der Waals surface area contributed by atoms with E-state index in [0.29, 0.717) is 5.56 Å². The van der Waals surface area contributed by atoms with E-state index in [0.717, 1.165) is 66.5 Å². The molecule has 4 heteroatoms. The van der Waals surface area contributed by atoms with E-state index in [4.69, 9.17) is 4.98 Å². The van der Waals surface area contributed by atoms with E-state index in [9.17, 15) is 5.26 Å². The number of pyridine rings is 2. The molecule has 0 bridgehead atoms. The Kier molecular flexibility index (Phi) is 8.87. The second-order valence-corrected chi connectivity index (χ2v) is 17.2. The zero-order chi connectivity index (χ0) is 44.4. The van der Waals surface area contributed by atoms with Crippen LogP contribution in [0.3, 0.4) is 0 Å². The second-order valence-electron chi connectivity index (χ2n) is 17.2. The van der Waals surface area contributed by atoms with E-state index in [-0.39, 0.29) is 0 Å². The number of aromatic nitrogens is 3. The molecule has 13 rings (SSSR count). The molecule has 10 aromatic carbocycles. The molecule has 0 saturated heterocycles. The fourth-order valence-electron chi connectivity index (χ4n) is 10.4. The molecule has 0 radical (unpaired) electrons. The Labute approximate surface area is 386 Å². The van der Waals surface area contributed by atoms with Crippen LogP contribution < -0.4 is 0 Å². The Balaban J connectivity index is 1.12. The third-order valence-corrected chi connectivity index (χ3v) is 13.5. The summed E-state index contributed by atoms with van der Waals surface area (Å²) in [4.78, 5) is 9.47. The van der Waals surface area contributed by atoms with Gasteiger partial charge in [0.15, 0.2) is 0 Å². The van der Waals surface area contributed by atoms with Crippen molar-refractivity contribution in [3.05, 3.63) is 236 Å². The maximum Gasteiger partial charge on any atom is 0.0991 e. The van der Waals surface area contributed by atoms with Crippen molar-refractivity contribution in [1.29, 1.82) is 5.26 Å². The summed E-state index contributed by atoms with van der Waals surface area (Å²) in [5.74, 6) is 0. The summed E-state index contributed by atoms with van der Waals surface area (Å²) < 4.78 is 2.30. The van der Waals surface area contributed by atoms with Crippen molar-refractivity contribution in [3.8, 4) is 67.7 Å². The van der Waals surface area contributed by atoms with Gasteiger partial charge in [-0.1, -0.05) is 140 Å². The maximum atomic E-state index is 10.0. The monoisotopic (exact) mass is 850 g/mol. The smallest absolute Gasteiger partial charge is 0.0991 e. The number of nitrogens with zero attached hydrogens (tertiary/aromatic N) is 4. The fourth-order valence-corrected chi connectivity index (χ4v) is 10.4. The predicted molar refractivity (Wildman–Crippen MR) is 278 cm³/mol. The maximum absolute atomic E-state index is 10.0. The summed E-state index contributed by atoms with van der Waals surface area (Å²) in [6.45, 7) is 0. The lowest BCUT2D eigenvalue weighted by molar-refractivity contribution is 1.18. The van der Waals surface area contributed by atoms with Gasteiger partial charge in [-0.2, -0.15) is 5.26 Å². The summed E-state index contributed by atoms with van der Waals surface area (Å²) in [7, 11) is 0. The SMILES string of the molecule is N#Cc1ccc2c(c1)c1cc(-c3ccc4c(-c5cccc6ccccc56)c5cc(-c6cccc(-c7ccncc7)n6)ccc5c(-c5cccc6ccccc56)c4c3)ccc1n2-c1ccccc1. The lowest BCUT2D eigenvalue weighted by atomic mass is 9.82. The van der Waals surface area contributed by atoms with Crippen molar-refractivity contribution in [2.24, 2.45) is 0 Å². The average molecular weight is 851 g/mol. The first-order valence-electron chi connectivity index (χ1n) is 22.6. The van der Waals surface area contributed by atoms with Crippen LogP contribution in [-0.4, -0.2) is 14.5 Å². The quantitative estimate of drug-likeness (QED) is 0.157. The third kappa shape index (κ3) is 6.29. The van der Waals surface area contributed by atoms with Crippen LogP contribution in [0.4, 0.5) is 0 Å². The highest BCUT2D eigenvalue weighted by atomic mass is 15.0. The standard InChI is InChI=1S/C63H38N4/c64-39-40-23-29-60-54(35-40)55-36-45(26-30-61(55)67(60)47-15-2-1-3-16-47)44-24-27-52-56(37-44)62(50-19-8-13-41-11-4-6-17-48(41)50)53-28-25-46(59-22-10-21-58(66-59)43-31-33-65-34-32-43)38-57(53)63(52)51-20-9-14-42-12-5-7-18-49(42)51/h1-38H. The number of hydrogen-bond donors (Lipinski definition) is 0. The molecule has 3 heterocycles. The Morgan fingerprint density at radius 2 is 0.866 bits per heavy atom. The van der Waals surface area contributed by atoms with Crippen molar-refractivity contribution in [1.82, 2.24) is 14.5 Å². The van der Waals surface area contributed by atoms with Crippen LogP contribution >= 0.6 is 0 Å². The summed E-state index contributed by atoms with van der Waals surface area (Å²) >= 11 is 0. The molecular weight excluding hydrogens is 813 g/mol. The molecular formula is C63H38N4. The first-order chi connectivity index (χ1) is 33.2. The molecule has 310 valence electrons. The van der Waals surface area contributed by atoms with Crippen LogP contribution in [0.2, 0.25) is 0 Å². The molecule has 0 fully saturated rings. The Morgan fingerprint density at radius 3 is 1.52 bits per heavy atom. The average Bonchev–Trinajstić information content (AvgIpc) is 3.73. The normalized spacial score (nSPS) is 11.6. The van der Waals surface area contributed by atoms with Gasteiger partial charge in [-0.3, -0.25) is 4.98 Å². The van der Waals surface area contributed by atoms with Crippen molar-refractivity contribution >= 4 is 64.9 Å². The van der Waals surface area contributed by atoms with E-state index in [1.807, 2.05) is 42.7 Å². The molecule has 0 unspecified atom stereocenters. The van der Waals surface area contributed by atoms with Crippen molar-refractivity contribution in [2.45, 2.75) is 0 Å². The van der Waals surface area contributed by atoms with Gasteiger partial charge in [0.05, 0.1) is 34.1 Å². The van der Waals surface area contributed by atoms with Gasteiger partial charge in [0.2, 0.25) is 0 Å². The lowest BCUT2D eigenvalue weighted by Crippen LogP contribution is -1.95. The van der Waals surface area contributed by atoms with Crippen LogP contribution in [0.5, 0.6) is 0 Å². The first-order valence-corrected chi connectivity index (χ1v) is 22.6. The number of nitriles is 1. The molecule has 0 aliphatic rings. The third-order valence-electron chi connectivity index (χ3n) is 13.5. The summed E-state index contributed by atoms with van der Waals surface area (Å²) in [6, 6.07) is 80.7. The van der Waals surface area contributed by atoms with Crippen LogP contribution in [0.1, 0.15) is 5.56 Å². The second kappa shape index (κ2) is 15.5. The molecule has 3 aromatic heterocycles. The minimum atomic E-state index is 0.642. The minimum Gasteiger partial charge on any atom is -0.309 e. The molecule has 13 aromatic rings. The van der Waals surface area contributed by atoms with E-state index < -0.39 is 0 Å². The molecule has 0 spiro atoms. The van der Waals surface area contributed by atoms with Gasteiger partial charge in [0.1, 0.15) is 0 Å². The molecule has 0 aliphatic heterocycles. The van der Waals surface area contributed by atoms with Crippen LogP contribution in [0.15, 0.2) is 231 Å². The van der Waals surface area contributed by atoms with Crippen LogP contribution in [0, 0.1) is 11.3 Å². The molecule has 0 aliphatic carbocycles. The predicted octanol–water partition coefficient (Wildman–Crippen LogP) is 16.4. The highest BCUT2D eigenvalue weighted by molar-refractivity contribution is 6.26. The van der Waals surface area contributed by atoms with Crippen molar-refractivity contribution in [3.63, 3.8) is 0 Å². The van der Waals surface area contributed by atoms with Crippen molar-refractivity contribution in [2.75, 3.05) is 0 Å². The molecule has 67 heavy (non-hydrogen) atoms. The first kappa shape index (κ1) is 38.3. The van der Waals surface area contributed by atoms with Gasteiger partial charge >= 0.3 is 0 Å². The van der Waals surface area contributed by atoms with E-state index in [1.165, 1.54) is 60.0 Å². The number of para-hydroxylation sites is 1. The molecule has 4 nitrogen and oxygen atoms in total. The fraction of sp³-hybridized carbons (Fsp3) is 0. The van der Waals surface area contributed by atoms with E-state index in [2.05, 4.69) is 204 Å². The number of rotatable bonds is 6. The molecule has 0 amide bonds. The van der Waals surface area contributed by atoms with Crippen LogP contribution in [-0.2, 0) is 0 Å². The zero-order valence-corrected chi connectivity index (χ0v) is 36.2. The Bertz CT molecular complexity index is 4150. The van der Waals surface area contributed by atoms with Gasteiger partial charge in [0, 0.05) is 40.0 Å². The van der Waals surface area contributed by atoms with Gasteiger partial charge in [0.25, 0.3) is 0 Å². The summed E-state index contributed by atoms with van der Waals surface area (Å²) in [5.41, 5.74) is 14.8. The van der Waals surface area contributed by atoms with E-state index in [1.54, 1.807) is 0 Å². The van der Waals surface area contributed by atoms with Gasteiger partial charge < -0.3 is 4.57 Å². The number of fused-ring (bicyclic) bond motifs is 7. The zero-order valence-electron chi connectivity index (χ0n) is 36.2. The Hall–Kier alpha value is -9.17. The molecule has 0 atom stereocenters.